The highest BCUT2D eigenvalue weighted by Gasteiger charge is 2.23. The minimum absolute atomic E-state index is 0.00861. The van der Waals surface area contributed by atoms with Crippen LogP contribution in [0.3, 0.4) is 0 Å². The smallest absolute Gasteiger partial charge is 0.258 e. The summed E-state index contributed by atoms with van der Waals surface area (Å²) in [4.78, 5) is 8.85. The molecule has 1 rings (SSSR count). The van der Waals surface area contributed by atoms with Gasteiger partial charge < -0.3 is 0 Å². The molecule has 82 valence electrons. The predicted octanol–water partition coefficient (Wildman–Crippen LogP) is 2.27. The van der Waals surface area contributed by atoms with E-state index in [0.717, 1.165) is 6.07 Å². The molecule has 0 saturated carbocycles. The van der Waals surface area contributed by atoms with Crippen molar-refractivity contribution in [2.75, 3.05) is 0 Å². The Morgan fingerprint density at radius 1 is 1.47 bits per heavy atom. The van der Waals surface area contributed by atoms with Crippen molar-refractivity contribution in [1.82, 2.24) is 0 Å². The number of rotatable bonds is 2. The van der Waals surface area contributed by atoms with Crippen LogP contribution in [0.4, 0.5) is 10.1 Å². The van der Waals surface area contributed by atoms with Crippen molar-refractivity contribution in [2.24, 2.45) is 0 Å². The number of nitro groups is 1. The minimum Gasteiger partial charge on any atom is -0.258 e. The number of halogens is 3. The Balaban J connectivity index is 3.58. The van der Waals surface area contributed by atoms with Crippen LogP contribution in [0.2, 0.25) is 0 Å². The molecule has 0 unspecified atom stereocenters. The molecule has 0 fully saturated rings. The van der Waals surface area contributed by atoms with Crippen molar-refractivity contribution in [3.05, 3.63) is 31.6 Å². The van der Waals surface area contributed by atoms with Gasteiger partial charge in [-0.1, -0.05) is 0 Å². The predicted molar refractivity (Wildman–Crippen MR) is 58.8 cm³/mol. The second kappa shape index (κ2) is 4.18. The van der Waals surface area contributed by atoms with Crippen molar-refractivity contribution in [2.45, 2.75) is 4.90 Å². The fourth-order valence-corrected chi connectivity index (χ4v) is 3.46. The molecule has 5 nitrogen and oxygen atoms in total. The lowest BCUT2D eigenvalue weighted by atomic mass is 10.3. The average Bonchev–Trinajstić information content (AvgIpc) is 2.00. The molecule has 0 spiro atoms. The zero-order valence-electron chi connectivity index (χ0n) is 6.78. The summed E-state index contributed by atoms with van der Waals surface area (Å²) in [6.07, 6.45) is 0. The van der Waals surface area contributed by atoms with Crippen LogP contribution in [-0.4, -0.2) is 13.3 Å². The monoisotopic (exact) mass is 365 g/mol. The number of nitrogens with zero attached hydrogens (tertiary/aromatic N) is 1. The van der Waals surface area contributed by atoms with Gasteiger partial charge in [0, 0.05) is 20.3 Å². The maximum absolute atomic E-state index is 13.0. The topological polar surface area (TPSA) is 77.3 Å². The zero-order valence-corrected chi connectivity index (χ0v) is 10.5. The lowest BCUT2D eigenvalue weighted by Crippen LogP contribution is -2.00. The number of hydrogen-bond donors (Lipinski definition) is 0. The highest BCUT2D eigenvalue weighted by Crippen LogP contribution is 2.28. The van der Waals surface area contributed by atoms with Crippen molar-refractivity contribution in [3.8, 4) is 0 Å². The molecule has 0 aliphatic rings. The van der Waals surface area contributed by atoms with Crippen molar-refractivity contribution >= 4 is 48.0 Å². The Hall–Kier alpha value is -0.480. The minimum atomic E-state index is -4.11. The number of nitro benzene ring substituents is 1. The van der Waals surface area contributed by atoms with Crippen molar-refractivity contribution < 1.29 is 17.7 Å². The standard InChI is InChI=1S/C6H2ClFINO4S/c7-15(13,14)6-2-5(10(11)12)3(8)1-4(6)9/h1-2H. The van der Waals surface area contributed by atoms with E-state index < -0.39 is 30.4 Å². The second-order valence-electron chi connectivity index (χ2n) is 2.43. The lowest BCUT2D eigenvalue weighted by molar-refractivity contribution is -0.387. The molecular weight excluding hydrogens is 363 g/mol. The summed E-state index contributed by atoms with van der Waals surface area (Å²) in [6.45, 7) is 0. The number of hydrogen-bond acceptors (Lipinski definition) is 4. The maximum atomic E-state index is 13.0. The van der Waals surface area contributed by atoms with Gasteiger partial charge in [-0.2, -0.15) is 4.39 Å². The van der Waals surface area contributed by atoms with Crippen LogP contribution in [0.25, 0.3) is 0 Å². The Bertz CT molecular complexity index is 532. The molecule has 1 aromatic rings. The van der Waals surface area contributed by atoms with E-state index in [1.54, 1.807) is 0 Å². The third-order valence-corrected chi connectivity index (χ3v) is 4.08. The van der Waals surface area contributed by atoms with E-state index in [4.69, 9.17) is 10.7 Å². The molecule has 0 bridgehead atoms. The van der Waals surface area contributed by atoms with Gasteiger partial charge in [-0.15, -0.1) is 0 Å². The first-order valence-electron chi connectivity index (χ1n) is 3.31. The zero-order chi connectivity index (χ0) is 11.8. The molecule has 0 N–H and O–H groups in total. The molecule has 9 heteroatoms. The molecule has 15 heavy (non-hydrogen) atoms. The molecule has 0 heterocycles. The van der Waals surface area contributed by atoms with Crippen LogP contribution in [0, 0.1) is 19.5 Å². The largest absolute Gasteiger partial charge is 0.306 e. The molecular formula is C6H2ClFINO4S. The summed E-state index contributed by atoms with van der Waals surface area (Å²) in [5.41, 5.74) is -0.922. The van der Waals surface area contributed by atoms with Gasteiger partial charge in [0.25, 0.3) is 9.05 Å². The molecule has 0 aliphatic heterocycles. The van der Waals surface area contributed by atoms with Gasteiger partial charge in [0.05, 0.1) is 4.92 Å². The van der Waals surface area contributed by atoms with Crippen LogP contribution in [0.5, 0.6) is 0 Å². The van der Waals surface area contributed by atoms with Crippen LogP contribution in [0.15, 0.2) is 17.0 Å². The van der Waals surface area contributed by atoms with E-state index in [1.807, 2.05) is 0 Å². The van der Waals surface area contributed by atoms with Gasteiger partial charge >= 0.3 is 5.69 Å². The van der Waals surface area contributed by atoms with Crippen LogP contribution < -0.4 is 0 Å². The fourth-order valence-electron chi connectivity index (χ4n) is 0.845. The first-order valence-corrected chi connectivity index (χ1v) is 6.70. The van der Waals surface area contributed by atoms with E-state index in [2.05, 4.69) is 0 Å². The quantitative estimate of drug-likeness (QED) is 0.349. The summed E-state index contributed by atoms with van der Waals surface area (Å²) in [6, 6.07) is 1.34. The second-order valence-corrected chi connectivity index (χ2v) is 6.13. The SMILES string of the molecule is O=[N+]([O-])c1cc(S(=O)(=O)Cl)c(I)cc1F. The first-order chi connectivity index (χ1) is 6.73. The van der Waals surface area contributed by atoms with E-state index in [9.17, 15) is 22.9 Å². The summed E-state index contributed by atoms with van der Waals surface area (Å²) in [5.74, 6) is -1.10. The van der Waals surface area contributed by atoms with E-state index in [1.165, 1.54) is 22.6 Å². The maximum Gasteiger partial charge on any atom is 0.306 e. The van der Waals surface area contributed by atoms with Gasteiger partial charge in [-0.05, 0) is 28.7 Å². The summed E-state index contributed by atoms with van der Waals surface area (Å²) in [5, 5.41) is 10.3. The molecule has 0 aromatic heterocycles. The Morgan fingerprint density at radius 3 is 2.40 bits per heavy atom. The molecule has 0 atom stereocenters. The Kier molecular flexibility index (Phi) is 3.51. The Labute approximate surface area is 102 Å². The first kappa shape index (κ1) is 12.6. The third kappa shape index (κ3) is 2.75. The van der Waals surface area contributed by atoms with E-state index >= 15 is 0 Å². The lowest BCUT2D eigenvalue weighted by Gasteiger charge is -2.00. The molecule has 0 aliphatic carbocycles. The molecule has 0 amide bonds. The van der Waals surface area contributed by atoms with Gasteiger partial charge in [0.15, 0.2) is 0 Å². The number of benzene rings is 1. The van der Waals surface area contributed by atoms with Gasteiger partial charge in [-0.3, -0.25) is 10.1 Å². The molecule has 0 saturated heterocycles. The van der Waals surface area contributed by atoms with Crippen LogP contribution in [0.1, 0.15) is 0 Å². The average molecular weight is 366 g/mol. The van der Waals surface area contributed by atoms with Crippen LogP contribution >= 0.6 is 33.3 Å². The normalized spacial score (nSPS) is 11.4. The van der Waals surface area contributed by atoms with E-state index in [0.29, 0.717) is 6.07 Å². The molecule has 0 radical (unpaired) electrons. The summed E-state index contributed by atoms with van der Waals surface area (Å²) >= 11 is 1.53. The summed E-state index contributed by atoms with van der Waals surface area (Å²) < 4.78 is 34.9. The fraction of sp³-hybridized carbons (Fsp3) is 0. The third-order valence-electron chi connectivity index (χ3n) is 1.46. The van der Waals surface area contributed by atoms with Gasteiger partial charge in [0.2, 0.25) is 5.82 Å². The van der Waals surface area contributed by atoms with Crippen molar-refractivity contribution in [3.63, 3.8) is 0 Å². The summed E-state index contributed by atoms with van der Waals surface area (Å²) in [7, 11) is 0.903. The highest BCUT2D eigenvalue weighted by molar-refractivity contribution is 14.1. The van der Waals surface area contributed by atoms with Gasteiger partial charge in [-0.25, -0.2) is 8.42 Å². The van der Waals surface area contributed by atoms with E-state index in [-0.39, 0.29) is 3.57 Å². The Morgan fingerprint density at radius 2 is 2.00 bits per heavy atom. The molecule has 1 aromatic carbocycles. The van der Waals surface area contributed by atoms with Gasteiger partial charge in [0.1, 0.15) is 4.90 Å². The van der Waals surface area contributed by atoms with Crippen LogP contribution in [-0.2, 0) is 9.05 Å². The highest BCUT2D eigenvalue weighted by atomic mass is 127. The van der Waals surface area contributed by atoms with Crippen molar-refractivity contribution in [1.29, 1.82) is 0 Å².